The van der Waals surface area contributed by atoms with Crippen molar-refractivity contribution < 1.29 is 24.2 Å². The van der Waals surface area contributed by atoms with Crippen LogP contribution < -0.4 is 10.1 Å². The van der Waals surface area contributed by atoms with Crippen molar-refractivity contribution in [1.82, 2.24) is 5.32 Å². The Morgan fingerprint density at radius 1 is 1.17 bits per heavy atom. The summed E-state index contributed by atoms with van der Waals surface area (Å²) in [5.41, 5.74) is 0.569. The van der Waals surface area contributed by atoms with Crippen molar-refractivity contribution in [1.29, 1.82) is 0 Å². The maximum absolute atomic E-state index is 12.0. The molecule has 0 saturated heterocycles. The highest BCUT2D eigenvalue weighted by atomic mass is 16.5. The second-order valence-corrected chi connectivity index (χ2v) is 5.77. The summed E-state index contributed by atoms with van der Waals surface area (Å²) in [6.07, 6.45) is 1.40. The van der Waals surface area contributed by atoms with Crippen molar-refractivity contribution in [2.24, 2.45) is 5.92 Å². The Morgan fingerprint density at radius 2 is 1.79 bits per heavy atom. The van der Waals surface area contributed by atoms with Crippen LogP contribution in [0.15, 0.2) is 24.3 Å². The first-order chi connectivity index (χ1) is 11.4. The van der Waals surface area contributed by atoms with E-state index in [1.54, 1.807) is 38.3 Å². The van der Waals surface area contributed by atoms with Gasteiger partial charge in [0.25, 0.3) is 0 Å². The zero-order chi connectivity index (χ0) is 18.1. The molecule has 0 spiro atoms. The normalized spacial score (nSPS) is 13.0. The molecule has 0 fully saturated rings. The van der Waals surface area contributed by atoms with Crippen LogP contribution in [0.25, 0.3) is 0 Å². The highest BCUT2D eigenvalue weighted by Crippen LogP contribution is 2.14. The molecule has 0 bridgehead atoms. The molecule has 6 heteroatoms. The van der Waals surface area contributed by atoms with Crippen molar-refractivity contribution in [3.05, 3.63) is 29.8 Å². The fourth-order valence-electron chi connectivity index (χ4n) is 2.26. The lowest BCUT2D eigenvalue weighted by atomic mass is 9.99. The number of aliphatic carboxylic acids is 1. The van der Waals surface area contributed by atoms with E-state index in [1.165, 1.54) is 0 Å². The molecule has 0 aliphatic rings. The molecule has 0 aliphatic carbocycles. The minimum atomic E-state index is -1.04. The second-order valence-electron chi connectivity index (χ2n) is 5.77. The number of ketones is 1. The third kappa shape index (κ3) is 6.02. The average Bonchev–Trinajstić information content (AvgIpc) is 2.58. The molecule has 24 heavy (non-hydrogen) atoms. The van der Waals surface area contributed by atoms with Gasteiger partial charge < -0.3 is 15.2 Å². The van der Waals surface area contributed by atoms with Crippen LogP contribution in [0.1, 0.15) is 49.9 Å². The van der Waals surface area contributed by atoms with Crippen LogP contribution in [0, 0.1) is 5.92 Å². The number of methoxy groups -OCH3 is 1. The number of carboxylic acids is 1. The van der Waals surface area contributed by atoms with Crippen LogP contribution in [0.4, 0.5) is 0 Å². The fourth-order valence-corrected chi connectivity index (χ4v) is 2.26. The number of carbonyl (C=O) groups is 3. The van der Waals surface area contributed by atoms with E-state index < -0.39 is 12.0 Å². The van der Waals surface area contributed by atoms with E-state index in [2.05, 4.69) is 5.32 Å². The van der Waals surface area contributed by atoms with Crippen molar-refractivity contribution in [2.45, 2.75) is 45.6 Å². The number of benzene rings is 1. The molecule has 1 aromatic rings. The summed E-state index contributed by atoms with van der Waals surface area (Å²) in [4.78, 5) is 35.1. The van der Waals surface area contributed by atoms with Crippen LogP contribution in [0.3, 0.4) is 0 Å². The van der Waals surface area contributed by atoms with Crippen molar-refractivity contribution >= 4 is 17.7 Å². The standard InChI is InChI=1S/C18H25NO5/c1-4-12(2)17(18(22)23)19-16(21)7-5-6-15(20)13-8-10-14(24-3)11-9-13/h8-12,17H,4-7H2,1-3H3,(H,19,21)(H,22,23). The molecule has 1 aromatic carbocycles. The van der Waals surface area contributed by atoms with Gasteiger partial charge in [-0.1, -0.05) is 20.3 Å². The number of amides is 1. The summed E-state index contributed by atoms with van der Waals surface area (Å²) in [6.45, 7) is 3.66. The number of hydrogen-bond donors (Lipinski definition) is 2. The molecule has 0 aliphatic heterocycles. The maximum Gasteiger partial charge on any atom is 0.326 e. The van der Waals surface area contributed by atoms with Crippen LogP contribution in [-0.4, -0.2) is 35.9 Å². The summed E-state index contributed by atoms with van der Waals surface area (Å²) in [7, 11) is 1.55. The molecule has 2 N–H and O–H groups in total. The van der Waals surface area contributed by atoms with Crippen LogP contribution in [-0.2, 0) is 9.59 Å². The topological polar surface area (TPSA) is 92.7 Å². The number of Topliss-reactive ketones (excluding diaryl/α,β-unsaturated/α-hetero) is 1. The molecule has 2 atom stereocenters. The largest absolute Gasteiger partial charge is 0.497 e. The average molecular weight is 335 g/mol. The van der Waals surface area contributed by atoms with Gasteiger partial charge in [-0.15, -0.1) is 0 Å². The summed E-state index contributed by atoms with van der Waals surface area (Å²) < 4.78 is 5.03. The summed E-state index contributed by atoms with van der Waals surface area (Å²) in [5.74, 6) is -0.900. The highest BCUT2D eigenvalue weighted by molar-refractivity contribution is 5.96. The van der Waals surface area contributed by atoms with E-state index >= 15 is 0 Å². The first-order valence-corrected chi connectivity index (χ1v) is 8.08. The van der Waals surface area contributed by atoms with E-state index in [9.17, 15) is 14.4 Å². The van der Waals surface area contributed by atoms with Gasteiger partial charge in [0.15, 0.2) is 5.78 Å². The third-order valence-corrected chi connectivity index (χ3v) is 4.02. The van der Waals surface area contributed by atoms with Crippen LogP contribution >= 0.6 is 0 Å². The number of rotatable bonds is 10. The van der Waals surface area contributed by atoms with Gasteiger partial charge in [-0.2, -0.15) is 0 Å². The number of ether oxygens (including phenoxy) is 1. The van der Waals surface area contributed by atoms with Gasteiger partial charge in [0, 0.05) is 18.4 Å². The number of carbonyl (C=O) groups excluding carboxylic acids is 2. The van der Waals surface area contributed by atoms with E-state index in [1.807, 2.05) is 6.92 Å². The molecular weight excluding hydrogens is 310 g/mol. The lowest BCUT2D eigenvalue weighted by molar-refractivity contribution is -0.143. The minimum absolute atomic E-state index is 0.0536. The fraction of sp³-hybridized carbons (Fsp3) is 0.500. The summed E-state index contributed by atoms with van der Waals surface area (Å²) in [6, 6.07) is 5.90. The van der Waals surface area contributed by atoms with Crippen molar-refractivity contribution in [3.8, 4) is 5.75 Å². The molecule has 2 unspecified atom stereocenters. The smallest absolute Gasteiger partial charge is 0.326 e. The molecular formula is C18H25NO5. The monoisotopic (exact) mass is 335 g/mol. The maximum atomic E-state index is 12.0. The van der Waals surface area contributed by atoms with Crippen LogP contribution in [0.2, 0.25) is 0 Å². The van der Waals surface area contributed by atoms with E-state index in [0.717, 1.165) is 0 Å². The van der Waals surface area contributed by atoms with Gasteiger partial charge in [0.05, 0.1) is 7.11 Å². The van der Waals surface area contributed by atoms with Gasteiger partial charge in [-0.3, -0.25) is 9.59 Å². The van der Waals surface area contributed by atoms with E-state index in [-0.39, 0.29) is 30.4 Å². The lowest BCUT2D eigenvalue weighted by Crippen LogP contribution is -2.44. The Kier molecular flexibility index (Phi) is 7.95. The van der Waals surface area contributed by atoms with Gasteiger partial charge in [0.2, 0.25) is 5.91 Å². The number of nitrogens with one attached hydrogen (secondary N) is 1. The minimum Gasteiger partial charge on any atom is -0.497 e. The Hall–Kier alpha value is -2.37. The Bertz CT molecular complexity index is 567. The van der Waals surface area contributed by atoms with Crippen molar-refractivity contribution in [3.63, 3.8) is 0 Å². The predicted octanol–water partition coefficient (Wildman–Crippen LogP) is 2.66. The molecule has 0 aromatic heterocycles. The van der Waals surface area contributed by atoms with Gasteiger partial charge >= 0.3 is 5.97 Å². The molecule has 1 rings (SSSR count). The SMILES string of the molecule is CCC(C)C(NC(=O)CCCC(=O)c1ccc(OC)cc1)C(=O)O. The van der Waals surface area contributed by atoms with Gasteiger partial charge in [0.1, 0.15) is 11.8 Å². The molecule has 0 heterocycles. The molecule has 0 radical (unpaired) electrons. The number of hydrogen-bond acceptors (Lipinski definition) is 4. The third-order valence-electron chi connectivity index (χ3n) is 4.02. The van der Waals surface area contributed by atoms with Crippen LogP contribution in [0.5, 0.6) is 5.75 Å². The Balaban J connectivity index is 2.43. The first kappa shape index (κ1) is 19.7. The summed E-state index contributed by atoms with van der Waals surface area (Å²) in [5, 5.41) is 11.7. The predicted molar refractivity (Wildman–Crippen MR) is 90.2 cm³/mol. The Morgan fingerprint density at radius 3 is 2.29 bits per heavy atom. The highest BCUT2D eigenvalue weighted by Gasteiger charge is 2.25. The zero-order valence-electron chi connectivity index (χ0n) is 14.4. The quantitative estimate of drug-likeness (QED) is 0.641. The van der Waals surface area contributed by atoms with Gasteiger partial charge in [-0.05, 0) is 36.6 Å². The first-order valence-electron chi connectivity index (χ1n) is 8.08. The number of carboxylic acid groups (broad SMARTS) is 1. The lowest BCUT2D eigenvalue weighted by Gasteiger charge is -2.20. The molecule has 0 saturated carbocycles. The van der Waals surface area contributed by atoms with E-state index in [4.69, 9.17) is 9.84 Å². The van der Waals surface area contributed by atoms with Crippen molar-refractivity contribution in [2.75, 3.05) is 7.11 Å². The summed E-state index contributed by atoms with van der Waals surface area (Å²) >= 11 is 0. The van der Waals surface area contributed by atoms with Gasteiger partial charge in [-0.25, -0.2) is 4.79 Å². The molecule has 6 nitrogen and oxygen atoms in total. The van der Waals surface area contributed by atoms with E-state index in [0.29, 0.717) is 24.2 Å². The molecule has 1 amide bonds. The molecule has 132 valence electrons. The Labute approximate surface area is 142 Å². The second kappa shape index (κ2) is 9.70. The zero-order valence-corrected chi connectivity index (χ0v) is 14.4.